The van der Waals surface area contributed by atoms with E-state index in [0.29, 0.717) is 42.3 Å². The van der Waals surface area contributed by atoms with Crippen molar-refractivity contribution in [3.63, 3.8) is 0 Å². The van der Waals surface area contributed by atoms with E-state index in [1.807, 2.05) is 43.5 Å². The van der Waals surface area contributed by atoms with Crippen LogP contribution in [0.3, 0.4) is 0 Å². The van der Waals surface area contributed by atoms with Gasteiger partial charge in [0.15, 0.2) is 12.2 Å². The second-order valence-corrected chi connectivity index (χ2v) is 13.6. The van der Waals surface area contributed by atoms with Crippen molar-refractivity contribution in [2.24, 2.45) is 5.41 Å². The third-order valence-corrected chi connectivity index (χ3v) is 8.87. The number of rotatable bonds is 10. The Balaban J connectivity index is 0.00000160. The van der Waals surface area contributed by atoms with Gasteiger partial charge in [-0.1, -0.05) is 39.8 Å². The molecule has 1 aliphatic heterocycles. The first-order valence-electron chi connectivity index (χ1n) is 15.5. The summed E-state index contributed by atoms with van der Waals surface area (Å²) in [5, 5.41) is 23.2. The van der Waals surface area contributed by atoms with E-state index in [1.54, 1.807) is 23.2 Å². The highest BCUT2D eigenvalue weighted by Crippen LogP contribution is 2.30. The molecule has 248 valence electrons. The Morgan fingerprint density at radius 2 is 2.04 bits per heavy atom. The van der Waals surface area contributed by atoms with Gasteiger partial charge < -0.3 is 24.3 Å². The number of thiophene rings is 1. The van der Waals surface area contributed by atoms with Gasteiger partial charge in [0.1, 0.15) is 11.6 Å². The van der Waals surface area contributed by atoms with Gasteiger partial charge in [0, 0.05) is 25.7 Å². The second-order valence-electron chi connectivity index (χ2n) is 12.5. The number of nitrogens with one attached hydrogen (secondary N) is 2. The first-order valence-corrected chi connectivity index (χ1v) is 16.3. The van der Waals surface area contributed by atoms with Crippen LogP contribution in [-0.2, 0) is 22.7 Å². The number of benzene rings is 1. The molecule has 1 saturated heterocycles. The number of hydrogen-bond donors (Lipinski definition) is 3. The van der Waals surface area contributed by atoms with Gasteiger partial charge in [0.05, 0.1) is 33.0 Å². The molecule has 0 aliphatic carbocycles. The minimum Gasteiger partial charge on any atom is -0.483 e. The van der Waals surface area contributed by atoms with Crippen LogP contribution in [0.5, 0.6) is 0 Å². The first kappa shape index (κ1) is 35.1. The number of carbonyl (C=O) groups excluding carboxylic acids is 2. The van der Waals surface area contributed by atoms with Crippen LogP contribution in [0.1, 0.15) is 69.1 Å². The Hall–Kier alpha value is -4.80. The standard InChI is InChI=1S/C33H39N7O3S.CH2O2/c1-6-21(2)36-17-22-9-10-26-25(14-22)37-32(38-30(41)29-12-11-28(44-29)27-18-35-20-43-27)40(26)19-24-8-7-13-39(24)31(42)23(16-34)15-33(3,4)5;2-1-3/h9-12,14-15,18,20-21,24,36H,6-8,13,17,19H2,1-5H3,(H,37,38,41);1H,(H,2,3)/t21-,24+;/m0./s1. The number of imidazole rings is 1. The Morgan fingerprint density at radius 1 is 1.28 bits per heavy atom. The molecule has 5 rings (SSSR count). The summed E-state index contributed by atoms with van der Waals surface area (Å²) < 4.78 is 7.37. The van der Waals surface area contributed by atoms with E-state index in [1.165, 1.54) is 17.7 Å². The van der Waals surface area contributed by atoms with E-state index in [9.17, 15) is 14.9 Å². The zero-order valence-corrected chi connectivity index (χ0v) is 28.1. The third kappa shape index (κ3) is 8.93. The van der Waals surface area contributed by atoms with Crippen LogP contribution < -0.4 is 10.6 Å². The van der Waals surface area contributed by atoms with E-state index in [-0.39, 0.29) is 35.3 Å². The van der Waals surface area contributed by atoms with Crippen molar-refractivity contribution in [3.05, 3.63) is 65.0 Å². The summed E-state index contributed by atoms with van der Waals surface area (Å²) >= 11 is 1.31. The van der Waals surface area contributed by atoms with Crippen LogP contribution in [-0.4, -0.2) is 61.5 Å². The van der Waals surface area contributed by atoms with E-state index in [0.717, 1.165) is 40.7 Å². The quantitative estimate of drug-likeness (QED) is 0.104. The minimum atomic E-state index is -0.301. The minimum absolute atomic E-state index is 0.154. The molecule has 0 bridgehead atoms. The molecule has 0 saturated carbocycles. The highest BCUT2D eigenvalue weighted by atomic mass is 32.1. The summed E-state index contributed by atoms with van der Waals surface area (Å²) in [6.07, 6.45) is 7.37. The summed E-state index contributed by atoms with van der Waals surface area (Å²) in [6.45, 7) is 11.7. The summed E-state index contributed by atoms with van der Waals surface area (Å²) in [5.41, 5.74) is 2.58. The summed E-state index contributed by atoms with van der Waals surface area (Å²) in [5.74, 6) is 0.479. The van der Waals surface area contributed by atoms with Crippen LogP contribution in [0.4, 0.5) is 5.95 Å². The molecule has 0 spiro atoms. The lowest BCUT2D eigenvalue weighted by atomic mass is 9.93. The fourth-order valence-electron chi connectivity index (χ4n) is 5.33. The van der Waals surface area contributed by atoms with Crippen molar-refractivity contribution in [1.82, 2.24) is 24.8 Å². The van der Waals surface area contributed by atoms with Crippen molar-refractivity contribution in [2.45, 2.75) is 79.1 Å². The average Bonchev–Trinajstić information content (AvgIpc) is 3.86. The van der Waals surface area contributed by atoms with Crippen molar-refractivity contribution >= 4 is 46.6 Å². The number of fused-ring (bicyclic) bond motifs is 1. The molecule has 4 aromatic rings. The smallest absolute Gasteiger partial charge is 0.290 e. The van der Waals surface area contributed by atoms with Gasteiger partial charge in [-0.15, -0.1) is 11.3 Å². The SMILES string of the molecule is CC[C@H](C)NCc1ccc2c(c1)nc(NC(=O)c1ccc(-c3cnco3)s1)n2C[C@H]1CCCN1C(=O)C(C#N)=CC(C)(C)C.O=CO. The molecule has 1 aromatic carbocycles. The largest absolute Gasteiger partial charge is 0.483 e. The zero-order valence-electron chi connectivity index (χ0n) is 27.3. The highest BCUT2D eigenvalue weighted by Gasteiger charge is 2.32. The molecule has 0 radical (unpaired) electrons. The average molecular weight is 660 g/mol. The lowest BCUT2D eigenvalue weighted by molar-refractivity contribution is -0.127. The van der Waals surface area contributed by atoms with Gasteiger partial charge in [-0.25, -0.2) is 9.97 Å². The number of amides is 2. The van der Waals surface area contributed by atoms with Crippen LogP contribution >= 0.6 is 11.3 Å². The molecule has 1 aliphatic rings. The molecule has 3 aromatic heterocycles. The number of oxazole rings is 1. The molecule has 2 atom stereocenters. The molecule has 47 heavy (non-hydrogen) atoms. The van der Waals surface area contributed by atoms with Gasteiger partial charge >= 0.3 is 0 Å². The third-order valence-electron chi connectivity index (χ3n) is 7.77. The fraction of sp³-hybridized carbons (Fsp3) is 0.412. The van der Waals surface area contributed by atoms with E-state index >= 15 is 0 Å². The maximum Gasteiger partial charge on any atom is 0.290 e. The predicted molar refractivity (Wildman–Crippen MR) is 181 cm³/mol. The van der Waals surface area contributed by atoms with Crippen molar-refractivity contribution < 1.29 is 23.9 Å². The van der Waals surface area contributed by atoms with Crippen molar-refractivity contribution in [1.29, 1.82) is 5.26 Å². The lowest BCUT2D eigenvalue weighted by Crippen LogP contribution is -2.39. The fourth-order valence-corrected chi connectivity index (χ4v) is 6.18. The molecular weight excluding hydrogens is 618 g/mol. The number of anilines is 1. The predicted octanol–water partition coefficient (Wildman–Crippen LogP) is 6.08. The number of carboxylic acid groups (broad SMARTS) is 1. The van der Waals surface area contributed by atoms with Gasteiger partial charge in [-0.3, -0.25) is 19.7 Å². The molecule has 4 heterocycles. The summed E-state index contributed by atoms with van der Waals surface area (Å²) in [7, 11) is 0. The zero-order chi connectivity index (χ0) is 34.1. The molecular formula is C34H41N7O5S. The number of aromatic nitrogens is 3. The number of nitrogens with zero attached hydrogens (tertiary/aromatic N) is 5. The monoisotopic (exact) mass is 659 g/mol. The Bertz CT molecular complexity index is 1760. The normalized spacial score (nSPS) is 15.5. The Kier molecular flexibility index (Phi) is 11.7. The topological polar surface area (TPSA) is 166 Å². The Labute approximate surface area is 278 Å². The number of carbonyl (C=O) groups is 3. The highest BCUT2D eigenvalue weighted by molar-refractivity contribution is 7.17. The number of nitriles is 1. The summed E-state index contributed by atoms with van der Waals surface area (Å²) in [6, 6.07) is 12.1. The van der Waals surface area contributed by atoms with Crippen molar-refractivity contribution in [3.8, 4) is 16.7 Å². The van der Waals surface area contributed by atoms with Crippen molar-refractivity contribution in [2.75, 3.05) is 11.9 Å². The van der Waals surface area contributed by atoms with Gasteiger partial charge in [0.2, 0.25) is 5.95 Å². The first-order chi connectivity index (χ1) is 22.5. The maximum atomic E-state index is 13.5. The van der Waals surface area contributed by atoms with Crippen LogP contribution in [0, 0.1) is 16.7 Å². The number of likely N-dealkylation sites (tertiary alicyclic amines) is 1. The second kappa shape index (κ2) is 15.7. The molecule has 1 fully saturated rings. The lowest BCUT2D eigenvalue weighted by Gasteiger charge is -2.26. The van der Waals surface area contributed by atoms with Gasteiger partial charge in [-0.2, -0.15) is 5.26 Å². The number of allylic oxidation sites excluding steroid dienone is 1. The molecule has 2 amide bonds. The Morgan fingerprint density at radius 3 is 2.70 bits per heavy atom. The summed E-state index contributed by atoms with van der Waals surface area (Å²) in [4.78, 5) is 47.3. The van der Waals surface area contributed by atoms with Crippen LogP contribution in [0.2, 0.25) is 0 Å². The van der Waals surface area contributed by atoms with Crippen LogP contribution in [0.25, 0.3) is 21.7 Å². The maximum absolute atomic E-state index is 13.5. The van der Waals surface area contributed by atoms with E-state index in [2.05, 4.69) is 41.6 Å². The van der Waals surface area contributed by atoms with E-state index < -0.39 is 0 Å². The van der Waals surface area contributed by atoms with E-state index in [4.69, 9.17) is 19.3 Å². The van der Waals surface area contributed by atoms with Gasteiger partial charge in [-0.05, 0) is 61.4 Å². The molecule has 13 heteroatoms. The molecule has 0 unspecified atom stereocenters. The van der Waals surface area contributed by atoms with Crippen LogP contribution in [0.15, 0.2) is 59.0 Å². The molecule has 3 N–H and O–H groups in total. The van der Waals surface area contributed by atoms with Gasteiger partial charge in [0.25, 0.3) is 18.3 Å². The number of hydrogen-bond acceptors (Lipinski definition) is 9. The molecule has 12 nitrogen and oxygen atoms in total.